The van der Waals surface area contributed by atoms with Gasteiger partial charge in [-0.05, 0) is 49.6 Å². The van der Waals surface area contributed by atoms with Gasteiger partial charge in [0.15, 0.2) is 0 Å². The van der Waals surface area contributed by atoms with Gasteiger partial charge in [-0.3, -0.25) is 0 Å². The second-order valence-corrected chi connectivity index (χ2v) is 4.79. The monoisotopic (exact) mass is 277 g/mol. The molecule has 1 aromatic rings. The van der Waals surface area contributed by atoms with Crippen LogP contribution in [0.5, 0.6) is 5.75 Å². The third-order valence-electron chi connectivity index (χ3n) is 3.04. The summed E-state index contributed by atoms with van der Waals surface area (Å²) < 4.78 is 10.6. The zero-order valence-electron chi connectivity index (χ0n) is 12.9. The standard InChI is InChI=1S/C17H27NO2/c1-4-13-20-17-9-7-16(8-10-17)15(2)6-5-11-18-12-14-19-3/h6-10,18H,4-5,11-14H2,1-3H3. The average Bonchev–Trinajstić information content (AvgIpc) is 2.49. The Morgan fingerprint density at radius 3 is 2.55 bits per heavy atom. The van der Waals surface area contributed by atoms with Gasteiger partial charge in [0.2, 0.25) is 0 Å². The number of ether oxygens (including phenoxy) is 2. The molecule has 0 aliphatic heterocycles. The molecule has 0 aliphatic carbocycles. The van der Waals surface area contributed by atoms with Crippen molar-refractivity contribution in [3.05, 3.63) is 35.9 Å². The second-order valence-electron chi connectivity index (χ2n) is 4.79. The highest BCUT2D eigenvalue weighted by Gasteiger charge is 1.97. The van der Waals surface area contributed by atoms with Crippen molar-refractivity contribution in [2.24, 2.45) is 0 Å². The highest BCUT2D eigenvalue weighted by Crippen LogP contribution is 2.18. The highest BCUT2D eigenvalue weighted by atomic mass is 16.5. The van der Waals surface area contributed by atoms with Crippen molar-refractivity contribution in [3.63, 3.8) is 0 Å². The Morgan fingerprint density at radius 2 is 1.90 bits per heavy atom. The van der Waals surface area contributed by atoms with Crippen molar-refractivity contribution in [2.75, 3.05) is 33.4 Å². The van der Waals surface area contributed by atoms with Crippen LogP contribution in [0, 0.1) is 0 Å². The molecule has 3 heteroatoms. The number of nitrogens with one attached hydrogen (secondary N) is 1. The molecular weight excluding hydrogens is 250 g/mol. The van der Waals surface area contributed by atoms with Gasteiger partial charge >= 0.3 is 0 Å². The fraction of sp³-hybridized carbons (Fsp3) is 0.529. The highest BCUT2D eigenvalue weighted by molar-refractivity contribution is 5.64. The van der Waals surface area contributed by atoms with Crippen molar-refractivity contribution < 1.29 is 9.47 Å². The first kappa shape index (κ1) is 16.7. The number of allylic oxidation sites excluding steroid dienone is 1. The lowest BCUT2D eigenvalue weighted by Crippen LogP contribution is -2.19. The molecule has 0 heterocycles. The van der Waals surface area contributed by atoms with Gasteiger partial charge in [-0.2, -0.15) is 0 Å². The topological polar surface area (TPSA) is 30.5 Å². The fourth-order valence-corrected chi connectivity index (χ4v) is 1.84. The lowest BCUT2D eigenvalue weighted by atomic mass is 10.1. The Labute approximate surface area is 123 Å². The third kappa shape index (κ3) is 6.73. The summed E-state index contributed by atoms with van der Waals surface area (Å²) in [5.74, 6) is 0.949. The largest absolute Gasteiger partial charge is 0.494 e. The van der Waals surface area contributed by atoms with Crippen molar-refractivity contribution in [1.29, 1.82) is 0 Å². The van der Waals surface area contributed by atoms with E-state index in [1.165, 1.54) is 11.1 Å². The number of benzene rings is 1. The molecule has 0 aromatic heterocycles. The molecule has 112 valence electrons. The molecule has 0 unspecified atom stereocenters. The van der Waals surface area contributed by atoms with Crippen LogP contribution in [-0.2, 0) is 4.74 Å². The van der Waals surface area contributed by atoms with Crippen molar-refractivity contribution >= 4 is 5.57 Å². The lowest BCUT2D eigenvalue weighted by Gasteiger charge is -2.07. The summed E-state index contributed by atoms with van der Waals surface area (Å²) in [6.07, 6.45) is 4.34. The smallest absolute Gasteiger partial charge is 0.119 e. The Kier molecular flexibility index (Phi) is 8.76. The molecule has 1 rings (SSSR count). The van der Waals surface area contributed by atoms with E-state index in [1.807, 2.05) is 12.1 Å². The first-order valence-electron chi connectivity index (χ1n) is 7.37. The van der Waals surface area contributed by atoms with Gasteiger partial charge in [-0.15, -0.1) is 0 Å². The van der Waals surface area contributed by atoms with Crippen LogP contribution in [0.2, 0.25) is 0 Å². The average molecular weight is 277 g/mol. The van der Waals surface area contributed by atoms with Crippen molar-refractivity contribution in [1.82, 2.24) is 5.32 Å². The van der Waals surface area contributed by atoms with Crippen LogP contribution in [0.3, 0.4) is 0 Å². The summed E-state index contributed by atoms with van der Waals surface area (Å²) in [6.45, 7) is 7.70. The lowest BCUT2D eigenvalue weighted by molar-refractivity contribution is 0.199. The molecule has 0 bridgehead atoms. The van der Waals surface area contributed by atoms with E-state index in [1.54, 1.807) is 7.11 Å². The minimum absolute atomic E-state index is 0.766. The first-order chi connectivity index (χ1) is 9.77. The molecule has 0 amide bonds. The van der Waals surface area contributed by atoms with Gasteiger partial charge in [0.1, 0.15) is 5.75 Å². The van der Waals surface area contributed by atoms with Gasteiger partial charge < -0.3 is 14.8 Å². The summed E-state index contributed by atoms with van der Waals surface area (Å²) in [6, 6.07) is 8.32. The maximum atomic E-state index is 5.58. The van der Waals surface area contributed by atoms with E-state index in [9.17, 15) is 0 Å². The Hall–Kier alpha value is -1.32. The molecule has 1 N–H and O–H groups in total. The van der Waals surface area contributed by atoms with Gasteiger partial charge in [-0.25, -0.2) is 0 Å². The first-order valence-corrected chi connectivity index (χ1v) is 7.37. The predicted molar refractivity (Wildman–Crippen MR) is 85.2 cm³/mol. The minimum atomic E-state index is 0.766. The normalized spacial score (nSPS) is 11.7. The summed E-state index contributed by atoms with van der Waals surface area (Å²) >= 11 is 0. The van der Waals surface area contributed by atoms with Crippen LogP contribution >= 0.6 is 0 Å². The summed E-state index contributed by atoms with van der Waals surface area (Å²) in [7, 11) is 1.72. The molecule has 20 heavy (non-hydrogen) atoms. The van der Waals surface area contributed by atoms with Crippen LogP contribution in [0.1, 0.15) is 32.3 Å². The zero-order valence-corrected chi connectivity index (χ0v) is 12.9. The van der Waals surface area contributed by atoms with Gasteiger partial charge in [0, 0.05) is 13.7 Å². The molecule has 0 spiro atoms. The van der Waals surface area contributed by atoms with E-state index in [2.05, 4.69) is 37.4 Å². The maximum absolute atomic E-state index is 5.58. The van der Waals surface area contributed by atoms with Crippen LogP contribution in [0.4, 0.5) is 0 Å². The van der Waals surface area contributed by atoms with Crippen LogP contribution in [0.15, 0.2) is 30.3 Å². The Balaban J connectivity index is 2.36. The van der Waals surface area contributed by atoms with Crippen molar-refractivity contribution in [3.8, 4) is 5.75 Å². The van der Waals surface area contributed by atoms with Gasteiger partial charge in [0.05, 0.1) is 13.2 Å². The molecule has 0 fully saturated rings. The quantitative estimate of drug-likeness (QED) is 0.664. The fourth-order valence-electron chi connectivity index (χ4n) is 1.84. The molecule has 0 saturated carbocycles. The predicted octanol–water partition coefficient (Wildman–Crippen LogP) is 3.50. The maximum Gasteiger partial charge on any atom is 0.119 e. The zero-order chi connectivity index (χ0) is 14.6. The number of methoxy groups -OCH3 is 1. The number of hydrogen-bond acceptors (Lipinski definition) is 3. The third-order valence-corrected chi connectivity index (χ3v) is 3.04. The molecule has 1 aromatic carbocycles. The van der Waals surface area contributed by atoms with E-state index in [0.717, 1.165) is 44.9 Å². The van der Waals surface area contributed by atoms with E-state index in [0.29, 0.717) is 0 Å². The molecular formula is C17H27NO2. The number of rotatable bonds is 10. The molecule has 0 radical (unpaired) electrons. The van der Waals surface area contributed by atoms with Crippen LogP contribution in [-0.4, -0.2) is 33.4 Å². The molecule has 3 nitrogen and oxygen atoms in total. The van der Waals surface area contributed by atoms with Gasteiger partial charge in [-0.1, -0.05) is 25.1 Å². The van der Waals surface area contributed by atoms with Gasteiger partial charge in [0.25, 0.3) is 0 Å². The molecule has 0 atom stereocenters. The summed E-state index contributed by atoms with van der Waals surface area (Å²) in [5, 5.41) is 3.34. The summed E-state index contributed by atoms with van der Waals surface area (Å²) in [5.41, 5.74) is 2.56. The summed E-state index contributed by atoms with van der Waals surface area (Å²) in [4.78, 5) is 0. The molecule has 0 aliphatic rings. The second kappa shape index (κ2) is 10.5. The Morgan fingerprint density at radius 1 is 1.15 bits per heavy atom. The minimum Gasteiger partial charge on any atom is -0.494 e. The van der Waals surface area contributed by atoms with E-state index >= 15 is 0 Å². The van der Waals surface area contributed by atoms with E-state index in [-0.39, 0.29) is 0 Å². The van der Waals surface area contributed by atoms with Crippen molar-refractivity contribution in [2.45, 2.75) is 26.7 Å². The van der Waals surface area contributed by atoms with E-state index < -0.39 is 0 Å². The SMILES string of the molecule is CCCOc1ccc(C(C)=CCCNCCOC)cc1. The molecule has 0 saturated heterocycles. The van der Waals surface area contributed by atoms with E-state index in [4.69, 9.17) is 9.47 Å². The number of hydrogen-bond donors (Lipinski definition) is 1. The van der Waals surface area contributed by atoms with Crippen LogP contribution < -0.4 is 10.1 Å². The Bertz CT molecular complexity index is 384. The van der Waals surface area contributed by atoms with Crippen LogP contribution in [0.25, 0.3) is 5.57 Å².